The summed E-state index contributed by atoms with van der Waals surface area (Å²) in [7, 11) is 1.75. The Morgan fingerprint density at radius 1 is 1.40 bits per heavy atom. The van der Waals surface area contributed by atoms with Gasteiger partial charge >= 0.3 is 6.18 Å². The second kappa shape index (κ2) is 5.84. The van der Waals surface area contributed by atoms with E-state index >= 15 is 0 Å². The minimum absolute atomic E-state index is 0.202. The molecule has 1 aromatic carbocycles. The second-order valence-corrected chi connectivity index (χ2v) is 5.16. The van der Waals surface area contributed by atoms with Crippen molar-refractivity contribution in [3.05, 3.63) is 41.7 Å². The third-order valence-corrected chi connectivity index (χ3v) is 3.75. The van der Waals surface area contributed by atoms with Gasteiger partial charge in [0.1, 0.15) is 6.33 Å². The highest BCUT2D eigenvalue weighted by Gasteiger charge is 2.30. The Bertz CT molecular complexity index is 585. The van der Waals surface area contributed by atoms with Gasteiger partial charge in [0.15, 0.2) is 5.16 Å². The number of benzene rings is 1. The summed E-state index contributed by atoms with van der Waals surface area (Å²) in [5.41, 5.74) is -0.535. The van der Waals surface area contributed by atoms with Crippen molar-refractivity contribution in [2.75, 3.05) is 5.75 Å². The number of aryl methyl sites for hydroxylation is 1. The van der Waals surface area contributed by atoms with Crippen LogP contribution < -0.4 is 0 Å². The standard InChI is InChI=1S/C12H12F3N3OS/c1-18-7-16-17-11(18)20-6-10(19)8-3-2-4-9(5-8)12(13,14)15/h2-5,7,10,19H,6H2,1H3. The van der Waals surface area contributed by atoms with Crippen LogP contribution in [0.4, 0.5) is 13.2 Å². The summed E-state index contributed by atoms with van der Waals surface area (Å²) in [6.45, 7) is 0. The largest absolute Gasteiger partial charge is 0.416 e. The van der Waals surface area contributed by atoms with Crippen LogP contribution in [0.15, 0.2) is 35.7 Å². The van der Waals surface area contributed by atoms with E-state index in [-0.39, 0.29) is 11.3 Å². The molecule has 8 heteroatoms. The Balaban J connectivity index is 2.06. The van der Waals surface area contributed by atoms with E-state index in [1.54, 1.807) is 11.6 Å². The number of halogens is 3. The number of rotatable bonds is 4. The summed E-state index contributed by atoms with van der Waals surface area (Å²) < 4.78 is 39.4. The van der Waals surface area contributed by atoms with Gasteiger partial charge in [-0.2, -0.15) is 13.2 Å². The maximum Gasteiger partial charge on any atom is 0.416 e. The molecule has 1 atom stereocenters. The van der Waals surface area contributed by atoms with Gasteiger partial charge in [0.2, 0.25) is 0 Å². The molecule has 1 unspecified atom stereocenters. The average Bonchev–Trinajstić information content (AvgIpc) is 2.81. The molecule has 0 aliphatic heterocycles. The van der Waals surface area contributed by atoms with Gasteiger partial charge in [0.25, 0.3) is 0 Å². The van der Waals surface area contributed by atoms with Crippen molar-refractivity contribution in [2.24, 2.45) is 7.05 Å². The molecule has 0 bridgehead atoms. The number of thioether (sulfide) groups is 1. The smallest absolute Gasteiger partial charge is 0.388 e. The zero-order valence-corrected chi connectivity index (χ0v) is 11.3. The molecule has 0 saturated heterocycles. The molecule has 0 spiro atoms. The van der Waals surface area contributed by atoms with Gasteiger partial charge < -0.3 is 9.67 Å². The second-order valence-electron chi connectivity index (χ2n) is 4.17. The van der Waals surface area contributed by atoms with Crippen LogP contribution in [0, 0.1) is 0 Å². The Labute approximate surface area is 117 Å². The van der Waals surface area contributed by atoms with E-state index in [9.17, 15) is 18.3 Å². The highest BCUT2D eigenvalue weighted by Crippen LogP contribution is 2.31. The van der Waals surface area contributed by atoms with Gasteiger partial charge in [-0.3, -0.25) is 0 Å². The predicted molar refractivity (Wildman–Crippen MR) is 68.1 cm³/mol. The molecule has 1 N–H and O–H groups in total. The van der Waals surface area contributed by atoms with Crippen molar-refractivity contribution in [1.82, 2.24) is 14.8 Å². The minimum Gasteiger partial charge on any atom is -0.388 e. The first-order valence-electron chi connectivity index (χ1n) is 5.70. The molecule has 1 aromatic heterocycles. The number of hydrogen-bond acceptors (Lipinski definition) is 4. The van der Waals surface area contributed by atoms with E-state index in [4.69, 9.17) is 0 Å². The Morgan fingerprint density at radius 3 is 2.75 bits per heavy atom. The lowest BCUT2D eigenvalue weighted by Crippen LogP contribution is -2.08. The lowest BCUT2D eigenvalue weighted by atomic mass is 10.1. The maximum absolute atomic E-state index is 12.6. The molecule has 4 nitrogen and oxygen atoms in total. The Hall–Kier alpha value is -1.54. The van der Waals surface area contributed by atoms with E-state index < -0.39 is 17.8 Å². The first kappa shape index (κ1) is 14.9. The first-order valence-corrected chi connectivity index (χ1v) is 6.68. The third-order valence-electron chi connectivity index (χ3n) is 2.64. The highest BCUT2D eigenvalue weighted by molar-refractivity contribution is 7.99. The van der Waals surface area contributed by atoms with Gasteiger partial charge in [-0.15, -0.1) is 10.2 Å². The molecule has 2 aromatic rings. The van der Waals surface area contributed by atoms with Gasteiger partial charge in [-0.1, -0.05) is 23.9 Å². The first-order chi connectivity index (χ1) is 9.38. The molecule has 0 fully saturated rings. The van der Waals surface area contributed by atoms with Gasteiger partial charge in [0, 0.05) is 12.8 Å². The molecule has 1 heterocycles. The number of alkyl halides is 3. The van der Waals surface area contributed by atoms with Crippen LogP contribution >= 0.6 is 11.8 Å². The monoisotopic (exact) mass is 303 g/mol. The van der Waals surface area contributed by atoms with E-state index in [1.165, 1.54) is 30.2 Å². The van der Waals surface area contributed by atoms with Crippen molar-refractivity contribution in [2.45, 2.75) is 17.4 Å². The summed E-state index contributed by atoms with van der Waals surface area (Å²) in [5.74, 6) is 0.202. The average molecular weight is 303 g/mol. The number of aromatic nitrogens is 3. The van der Waals surface area contributed by atoms with E-state index in [2.05, 4.69) is 10.2 Å². The predicted octanol–water partition coefficient (Wildman–Crippen LogP) is 2.66. The summed E-state index contributed by atoms with van der Waals surface area (Å²) in [5, 5.41) is 18.1. The summed E-state index contributed by atoms with van der Waals surface area (Å²) in [6.07, 6.45) is -3.90. The van der Waals surface area contributed by atoms with Crippen LogP contribution in [0.25, 0.3) is 0 Å². The Kier molecular flexibility index (Phi) is 4.34. The molecule has 0 saturated carbocycles. The van der Waals surface area contributed by atoms with Crippen LogP contribution in [0.2, 0.25) is 0 Å². The molecule has 108 valence electrons. The number of aliphatic hydroxyl groups excluding tert-OH is 1. The molecule has 0 aliphatic carbocycles. The number of aliphatic hydroxyl groups is 1. The third kappa shape index (κ3) is 3.51. The number of hydrogen-bond donors (Lipinski definition) is 1. The van der Waals surface area contributed by atoms with Crippen LogP contribution in [0.5, 0.6) is 0 Å². The van der Waals surface area contributed by atoms with Crippen molar-refractivity contribution in [3.8, 4) is 0 Å². The zero-order valence-electron chi connectivity index (χ0n) is 10.5. The van der Waals surface area contributed by atoms with Crippen LogP contribution in [-0.4, -0.2) is 25.6 Å². The molecular formula is C12H12F3N3OS. The van der Waals surface area contributed by atoms with Crippen LogP contribution in [-0.2, 0) is 13.2 Å². The van der Waals surface area contributed by atoms with Gasteiger partial charge in [-0.05, 0) is 17.7 Å². The number of nitrogens with zero attached hydrogens (tertiary/aromatic N) is 3. The molecule has 0 aliphatic rings. The van der Waals surface area contributed by atoms with Crippen LogP contribution in [0.3, 0.4) is 0 Å². The molecule has 2 rings (SSSR count). The van der Waals surface area contributed by atoms with Crippen molar-refractivity contribution < 1.29 is 18.3 Å². The van der Waals surface area contributed by atoms with E-state index in [1.807, 2.05) is 0 Å². The normalized spacial score (nSPS) is 13.4. The SMILES string of the molecule is Cn1cnnc1SCC(O)c1cccc(C(F)(F)F)c1. The molecular weight excluding hydrogens is 291 g/mol. The van der Waals surface area contributed by atoms with Crippen LogP contribution in [0.1, 0.15) is 17.2 Å². The van der Waals surface area contributed by atoms with E-state index in [0.717, 1.165) is 12.1 Å². The molecule has 20 heavy (non-hydrogen) atoms. The zero-order chi connectivity index (χ0) is 14.8. The molecule has 0 radical (unpaired) electrons. The fraction of sp³-hybridized carbons (Fsp3) is 0.333. The summed E-state index contributed by atoms with van der Waals surface area (Å²) >= 11 is 1.23. The minimum atomic E-state index is -4.41. The molecule has 0 amide bonds. The van der Waals surface area contributed by atoms with Crippen molar-refractivity contribution in [3.63, 3.8) is 0 Å². The lowest BCUT2D eigenvalue weighted by Gasteiger charge is -2.13. The fourth-order valence-electron chi connectivity index (χ4n) is 1.58. The highest BCUT2D eigenvalue weighted by atomic mass is 32.2. The van der Waals surface area contributed by atoms with Crippen molar-refractivity contribution >= 4 is 11.8 Å². The van der Waals surface area contributed by atoms with Gasteiger partial charge in [0.05, 0.1) is 11.7 Å². The quantitative estimate of drug-likeness (QED) is 0.882. The lowest BCUT2D eigenvalue weighted by molar-refractivity contribution is -0.137. The van der Waals surface area contributed by atoms with E-state index in [0.29, 0.717) is 5.16 Å². The summed E-state index contributed by atoms with van der Waals surface area (Å²) in [6, 6.07) is 4.69. The summed E-state index contributed by atoms with van der Waals surface area (Å²) in [4.78, 5) is 0. The Morgan fingerprint density at radius 2 is 2.15 bits per heavy atom. The van der Waals surface area contributed by atoms with Crippen molar-refractivity contribution in [1.29, 1.82) is 0 Å². The fourth-order valence-corrected chi connectivity index (χ4v) is 2.43. The van der Waals surface area contributed by atoms with Gasteiger partial charge in [-0.25, -0.2) is 0 Å². The topological polar surface area (TPSA) is 50.9 Å². The maximum atomic E-state index is 12.6.